The van der Waals surface area contributed by atoms with E-state index in [1.165, 1.54) is 44.5 Å². The molecule has 2 aromatic rings. The van der Waals surface area contributed by atoms with Crippen LogP contribution in [0.25, 0.3) is 0 Å². The average molecular weight is 714 g/mol. The molecule has 0 saturated heterocycles. The molecule has 4 rings (SSSR count). The molecule has 0 N–H and O–H groups in total. The third-order valence-electron chi connectivity index (χ3n) is 6.78. The van der Waals surface area contributed by atoms with Gasteiger partial charge in [0.05, 0.1) is 16.1 Å². The van der Waals surface area contributed by atoms with E-state index in [0.717, 1.165) is 12.8 Å². The Bertz CT molecular complexity index is 1060. The van der Waals surface area contributed by atoms with Crippen molar-refractivity contribution in [1.82, 2.24) is 0 Å². The molecule has 0 spiro atoms. The molecule has 212 valence electrons. The molecule has 0 saturated carbocycles. The summed E-state index contributed by atoms with van der Waals surface area (Å²) in [6.07, 6.45) is 20.6. The topological polar surface area (TPSA) is 0 Å². The largest absolute Gasteiger partial charge is 2.00 e. The average Bonchev–Trinajstić information content (AvgIpc) is 3.62. The zero-order valence-corrected chi connectivity index (χ0v) is 33.0. The van der Waals surface area contributed by atoms with Gasteiger partial charge >= 0.3 is 43.4 Å². The Kier molecular flexibility index (Phi) is 22.7. The Morgan fingerprint density at radius 3 is 1.27 bits per heavy atom. The number of halogens is 2. The van der Waals surface area contributed by atoms with Gasteiger partial charge in [-0.25, -0.2) is 22.5 Å². The third-order valence-corrected chi connectivity index (χ3v) is 16.6. The summed E-state index contributed by atoms with van der Waals surface area (Å²) < 4.78 is 0. The van der Waals surface area contributed by atoms with Gasteiger partial charge in [-0.05, 0) is 46.9 Å². The molecule has 0 aromatic heterocycles. The van der Waals surface area contributed by atoms with Crippen molar-refractivity contribution in [3.8, 4) is 0 Å². The van der Waals surface area contributed by atoms with Crippen molar-refractivity contribution in [2.45, 2.75) is 75.5 Å². The summed E-state index contributed by atoms with van der Waals surface area (Å²) in [6.45, 7) is 14.3. The minimum absolute atomic E-state index is 0. The second-order valence-corrected chi connectivity index (χ2v) is 21.3. The van der Waals surface area contributed by atoms with Crippen LogP contribution >= 0.6 is 23.5 Å². The van der Waals surface area contributed by atoms with Crippen molar-refractivity contribution in [2.75, 3.05) is 11.5 Å². The van der Waals surface area contributed by atoms with Gasteiger partial charge in [0.15, 0.2) is 0 Å². The second-order valence-electron chi connectivity index (χ2n) is 10.3. The van der Waals surface area contributed by atoms with Crippen LogP contribution in [0.4, 0.5) is 0 Å². The third kappa shape index (κ3) is 11.6. The Hall–Kier alpha value is 0.542. The van der Waals surface area contributed by atoms with Crippen LogP contribution in [0.15, 0.2) is 93.0 Å². The quantitative estimate of drug-likeness (QED) is 0.211. The zero-order valence-electron chi connectivity index (χ0n) is 24.7. The summed E-state index contributed by atoms with van der Waals surface area (Å²) >= 11 is 4.00. The predicted octanol–water partition coefficient (Wildman–Crippen LogP) is 2.67. The first-order valence-electron chi connectivity index (χ1n) is 13.3. The van der Waals surface area contributed by atoms with E-state index < -0.39 is 16.1 Å². The van der Waals surface area contributed by atoms with Crippen LogP contribution < -0.4 is 35.2 Å². The molecule has 2 aliphatic rings. The van der Waals surface area contributed by atoms with Gasteiger partial charge in [0, 0.05) is 9.79 Å². The van der Waals surface area contributed by atoms with Crippen molar-refractivity contribution in [3.05, 3.63) is 95.4 Å². The fourth-order valence-electron chi connectivity index (χ4n) is 4.60. The van der Waals surface area contributed by atoms with Gasteiger partial charge in [0.1, 0.15) is 0 Å². The molecule has 0 aliphatic heterocycles. The van der Waals surface area contributed by atoms with Crippen molar-refractivity contribution in [1.29, 1.82) is 0 Å². The van der Waals surface area contributed by atoms with Crippen molar-refractivity contribution < 1.29 is 68.2 Å². The van der Waals surface area contributed by atoms with E-state index in [9.17, 15) is 0 Å². The number of thioether (sulfide) groups is 2. The minimum atomic E-state index is -1.54. The first-order chi connectivity index (χ1) is 17.3. The Balaban J connectivity index is 0. The summed E-state index contributed by atoms with van der Waals surface area (Å²) in [7, 11) is -3.09. The van der Waals surface area contributed by atoms with Crippen LogP contribution in [0.5, 0.6) is 0 Å². The first kappa shape index (κ1) is 42.7. The number of rotatable bonds is 10. The number of allylic oxidation sites excluding steroid dienone is 8. The molecule has 0 heterocycles. The molecule has 0 atom stereocenters. The van der Waals surface area contributed by atoms with Gasteiger partial charge in [-0.3, -0.25) is 12.2 Å². The fourth-order valence-corrected chi connectivity index (χ4v) is 13.4. The Morgan fingerprint density at radius 2 is 0.975 bits per heavy atom. The Labute approximate surface area is 297 Å². The van der Waals surface area contributed by atoms with E-state index in [4.69, 9.17) is 0 Å². The van der Waals surface area contributed by atoms with Crippen molar-refractivity contribution >= 4 is 50.0 Å². The van der Waals surface area contributed by atoms with E-state index in [0.29, 0.717) is 0 Å². The zero-order chi connectivity index (χ0) is 26.0. The molecule has 0 radical (unpaired) electrons. The maximum atomic E-state index is 3.54. The van der Waals surface area contributed by atoms with Crippen molar-refractivity contribution in [2.24, 2.45) is 0 Å². The molecule has 40 heavy (non-hydrogen) atoms. The molecule has 0 fully saturated rings. The van der Waals surface area contributed by atoms with E-state index >= 15 is 0 Å². The minimum Gasteiger partial charge on any atom is -1.00 e. The number of hydrogen-bond acceptors (Lipinski definition) is 2. The van der Waals surface area contributed by atoms with Crippen LogP contribution in [-0.2, 0) is 43.4 Å². The van der Waals surface area contributed by atoms with E-state index in [-0.39, 0.29) is 68.2 Å². The van der Waals surface area contributed by atoms with E-state index in [2.05, 4.69) is 125 Å². The molecular weight excluding hydrogens is 671 g/mol. The van der Waals surface area contributed by atoms with Gasteiger partial charge in [-0.15, -0.1) is 36.4 Å². The maximum absolute atomic E-state index is 3.54. The summed E-state index contributed by atoms with van der Waals surface area (Å²) in [5, 5.41) is 6.06. The first-order valence-corrected chi connectivity index (χ1v) is 21.3. The SMILES string of the molecule is CCCSc1ccccc1[Si](C)(C)C1=[C-]CC=C1.CCCSc1ccccc1[Si](C)(C)C1=[C-]CC=C1.[Cl-].[Cl-].[Ti+2].[Ti+2]. The van der Waals surface area contributed by atoms with Gasteiger partial charge in [0.2, 0.25) is 0 Å². The molecule has 8 heteroatoms. The summed E-state index contributed by atoms with van der Waals surface area (Å²) in [6, 6.07) is 17.9. The van der Waals surface area contributed by atoms with Crippen LogP contribution in [0.1, 0.15) is 39.5 Å². The monoisotopic (exact) mass is 712 g/mol. The van der Waals surface area contributed by atoms with Gasteiger partial charge in [-0.2, -0.15) is 12.2 Å². The molecule has 0 amide bonds. The van der Waals surface area contributed by atoms with Crippen LogP contribution in [0.2, 0.25) is 26.2 Å². The Morgan fingerprint density at radius 1 is 0.625 bits per heavy atom. The maximum Gasteiger partial charge on any atom is 2.00 e. The summed E-state index contributed by atoms with van der Waals surface area (Å²) in [5.74, 6) is 2.42. The van der Waals surface area contributed by atoms with Crippen LogP contribution in [0.3, 0.4) is 0 Å². The summed E-state index contributed by atoms with van der Waals surface area (Å²) in [5.41, 5.74) is 0. The number of hydrogen-bond donors (Lipinski definition) is 0. The normalized spacial score (nSPS) is 13.4. The smallest absolute Gasteiger partial charge is 1.00 e. The molecular formula is C32H42Cl2S2Si2Ti2. The van der Waals surface area contributed by atoms with Crippen molar-refractivity contribution in [3.63, 3.8) is 0 Å². The van der Waals surface area contributed by atoms with Gasteiger partial charge < -0.3 is 24.8 Å². The molecule has 2 aliphatic carbocycles. The van der Waals surface area contributed by atoms with Gasteiger partial charge in [0.25, 0.3) is 0 Å². The second kappa shape index (κ2) is 21.3. The molecule has 2 aromatic carbocycles. The number of benzene rings is 2. The van der Waals surface area contributed by atoms with E-state index in [1.54, 1.807) is 10.4 Å². The summed E-state index contributed by atoms with van der Waals surface area (Å²) in [4.78, 5) is 2.95. The van der Waals surface area contributed by atoms with Crippen LogP contribution in [-0.4, -0.2) is 27.7 Å². The fraction of sp³-hybridized carbons (Fsp3) is 0.375. The standard InChI is InChI=1S/2C16H21SSi.2ClH.2Ti/c2*1-4-13-17-15-11-7-8-12-16(15)18(2,3)14-9-5-6-10-14;;;;/h2*5,7-9,11-12H,4,6,13H2,1-3H3;2*1H;;/q2*-1;;;2*+2/p-2. The van der Waals surface area contributed by atoms with E-state index in [1.807, 2.05) is 23.5 Å². The molecule has 0 nitrogen and oxygen atoms in total. The van der Waals surface area contributed by atoms with Gasteiger partial charge in [-0.1, -0.05) is 76.4 Å². The molecule has 0 bridgehead atoms. The van der Waals surface area contributed by atoms with Crippen LogP contribution in [0, 0.1) is 12.2 Å². The molecule has 0 unspecified atom stereocenters. The predicted molar refractivity (Wildman–Crippen MR) is 170 cm³/mol.